The van der Waals surface area contributed by atoms with E-state index in [1.165, 1.54) is 0 Å². The smallest absolute Gasteiger partial charge is 0.119 e. The van der Waals surface area contributed by atoms with Crippen molar-refractivity contribution in [3.05, 3.63) is 29.8 Å². The maximum absolute atomic E-state index is 10.1. The van der Waals surface area contributed by atoms with Crippen molar-refractivity contribution in [3.8, 4) is 5.75 Å². The molecule has 1 rings (SSSR count). The summed E-state index contributed by atoms with van der Waals surface area (Å²) in [4.78, 5) is 0. The first kappa shape index (κ1) is 15.0. The van der Waals surface area contributed by atoms with Gasteiger partial charge >= 0.3 is 0 Å². The molecule has 1 unspecified atom stereocenters. The van der Waals surface area contributed by atoms with Gasteiger partial charge in [0.05, 0.1) is 11.7 Å². The normalized spacial score (nSPS) is 13.4. The maximum atomic E-state index is 10.1. The van der Waals surface area contributed by atoms with Crippen molar-refractivity contribution in [1.82, 2.24) is 0 Å². The van der Waals surface area contributed by atoms with Crippen molar-refractivity contribution >= 4 is 0 Å². The molecule has 0 aliphatic rings. The van der Waals surface area contributed by atoms with Gasteiger partial charge in [0.1, 0.15) is 12.4 Å². The Kier molecular flexibility index (Phi) is 5.63. The maximum Gasteiger partial charge on any atom is 0.119 e. The van der Waals surface area contributed by atoms with E-state index in [0.717, 1.165) is 5.56 Å². The van der Waals surface area contributed by atoms with Gasteiger partial charge in [0.2, 0.25) is 0 Å². The second kappa shape index (κ2) is 6.76. The van der Waals surface area contributed by atoms with Crippen LogP contribution in [0.5, 0.6) is 5.75 Å². The lowest BCUT2D eigenvalue weighted by Gasteiger charge is -2.25. The summed E-state index contributed by atoms with van der Waals surface area (Å²) in [6.07, 6.45) is 1.56. The van der Waals surface area contributed by atoms with Crippen LogP contribution in [0.3, 0.4) is 0 Å². The quantitative estimate of drug-likeness (QED) is 0.784. The van der Waals surface area contributed by atoms with Gasteiger partial charge in [-0.1, -0.05) is 32.9 Å². The largest absolute Gasteiger partial charge is 0.491 e. The van der Waals surface area contributed by atoms with Crippen LogP contribution in [0.2, 0.25) is 0 Å². The van der Waals surface area contributed by atoms with Crippen LogP contribution in [0.25, 0.3) is 0 Å². The van der Waals surface area contributed by atoms with Crippen LogP contribution in [-0.2, 0) is 0 Å². The molecular formula is C15H24O3. The van der Waals surface area contributed by atoms with Crippen LogP contribution in [0.1, 0.15) is 51.7 Å². The molecule has 0 aliphatic heterocycles. The van der Waals surface area contributed by atoms with Crippen molar-refractivity contribution in [2.24, 2.45) is 0 Å². The first-order valence-corrected chi connectivity index (χ1v) is 6.67. The Balaban J connectivity index is 2.68. The molecule has 1 aromatic carbocycles. The average molecular weight is 252 g/mol. The van der Waals surface area contributed by atoms with Crippen LogP contribution in [-0.4, -0.2) is 22.4 Å². The Morgan fingerprint density at radius 1 is 1.22 bits per heavy atom. The summed E-state index contributed by atoms with van der Waals surface area (Å²) in [6.45, 7) is 6.12. The third-order valence-electron chi connectivity index (χ3n) is 3.45. The molecule has 0 bridgehead atoms. The molecular weight excluding hydrogens is 228 g/mol. The molecule has 0 aliphatic carbocycles. The predicted octanol–water partition coefficient (Wildman–Crippen LogP) is 3.06. The average Bonchev–Trinajstić information content (AvgIpc) is 2.44. The van der Waals surface area contributed by atoms with Gasteiger partial charge in [0, 0.05) is 0 Å². The van der Waals surface area contributed by atoms with Crippen molar-refractivity contribution in [1.29, 1.82) is 0 Å². The molecule has 1 aromatic rings. The Labute approximate surface area is 109 Å². The van der Waals surface area contributed by atoms with Crippen molar-refractivity contribution in [2.45, 2.75) is 51.7 Å². The van der Waals surface area contributed by atoms with Crippen LogP contribution in [0.4, 0.5) is 0 Å². The topological polar surface area (TPSA) is 49.7 Å². The van der Waals surface area contributed by atoms with E-state index in [1.807, 2.05) is 45.0 Å². The summed E-state index contributed by atoms with van der Waals surface area (Å²) in [6, 6.07) is 7.42. The van der Waals surface area contributed by atoms with Crippen molar-refractivity contribution < 1.29 is 14.9 Å². The summed E-state index contributed by atoms with van der Waals surface area (Å²) in [5, 5.41) is 19.9. The standard InChI is InChI=1S/C15H24O3/c1-4-14(16)12-8-7-9-13(10-12)18-11-15(17,5-2)6-3/h7-10,14,16-17H,4-6,11H2,1-3H3. The van der Waals surface area contributed by atoms with E-state index >= 15 is 0 Å². The van der Waals surface area contributed by atoms with Gasteiger partial charge in [-0.2, -0.15) is 0 Å². The molecule has 3 nitrogen and oxygen atoms in total. The lowest BCUT2D eigenvalue weighted by molar-refractivity contribution is -0.0114. The Bertz CT molecular complexity index is 359. The van der Waals surface area contributed by atoms with Gasteiger partial charge in [0.15, 0.2) is 0 Å². The fourth-order valence-electron chi connectivity index (χ4n) is 1.72. The molecule has 0 spiro atoms. The summed E-state index contributed by atoms with van der Waals surface area (Å²) in [7, 11) is 0. The predicted molar refractivity (Wildman–Crippen MR) is 72.7 cm³/mol. The van der Waals surface area contributed by atoms with Gasteiger partial charge in [-0.3, -0.25) is 0 Å². The number of aliphatic hydroxyl groups excluding tert-OH is 1. The highest BCUT2D eigenvalue weighted by atomic mass is 16.5. The fourth-order valence-corrected chi connectivity index (χ4v) is 1.72. The molecule has 0 aromatic heterocycles. The van der Waals surface area contributed by atoms with Gasteiger partial charge in [0.25, 0.3) is 0 Å². The van der Waals surface area contributed by atoms with Crippen LogP contribution < -0.4 is 4.74 Å². The summed E-state index contributed by atoms with van der Waals surface area (Å²) < 4.78 is 5.63. The third-order valence-corrected chi connectivity index (χ3v) is 3.45. The van der Waals surface area contributed by atoms with E-state index in [0.29, 0.717) is 25.0 Å². The van der Waals surface area contributed by atoms with Crippen molar-refractivity contribution in [2.75, 3.05) is 6.61 Å². The molecule has 0 fully saturated rings. The van der Waals surface area contributed by atoms with E-state index in [9.17, 15) is 10.2 Å². The zero-order chi connectivity index (χ0) is 13.6. The molecule has 0 radical (unpaired) electrons. The molecule has 0 amide bonds. The minimum atomic E-state index is -0.765. The van der Waals surface area contributed by atoms with Gasteiger partial charge in [-0.15, -0.1) is 0 Å². The Morgan fingerprint density at radius 3 is 2.44 bits per heavy atom. The number of aliphatic hydroxyl groups is 2. The minimum Gasteiger partial charge on any atom is -0.491 e. The molecule has 0 saturated heterocycles. The molecule has 0 heterocycles. The van der Waals surface area contributed by atoms with Gasteiger partial charge in [-0.05, 0) is 37.0 Å². The second-order valence-electron chi connectivity index (χ2n) is 4.72. The van der Waals surface area contributed by atoms with Gasteiger partial charge in [-0.25, -0.2) is 0 Å². The number of ether oxygens (including phenoxy) is 1. The number of rotatable bonds is 7. The van der Waals surface area contributed by atoms with E-state index in [4.69, 9.17) is 4.74 Å². The first-order valence-electron chi connectivity index (χ1n) is 6.67. The number of benzene rings is 1. The van der Waals surface area contributed by atoms with E-state index in [-0.39, 0.29) is 6.61 Å². The number of hydrogen-bond acceptors (Lipinski definition) is 3. The van der Waals surface area contributed by atoms with Gasteiger partial charge < -0.3 is 14.9 Å². The van der Waals surface area contributed by atoms with Crippen LogP contribution in [0.15, 0.2) is 24.3 Å². The van der Waals surface area contributed by atoms with Crippen molar-refractivity contribution in [3.63, 3.8) is 0 Å². The molecule has 102 valence electrons. The molecule has 0 saturated carbocycles. The monoisotopic (exact) mass is 252 g/mol. The molecule has 18 heavy (non-hydrogen) atoms. The number of hydrogen-bond donors (Lipinski definition) is 2. The highest BCUT2D eigenvalue weighted by molar-refractivity contribution is 5.29. The van der Waals surface area contributed by atoms with E-state index in [1.54, 1.807) is 0 Å². The molecule has 1 atom stereocenters. The zero-order valence-electron chi connectivity index (χ0n) is 11.5. The zero-order valence-corrected chi connectivity index (χ0v) is 11.5. The molecule has 2 N–H and O–H groups in total. The third kappa shape index (κ3) is 4.00. The summed E-state index contributed by atoms with van der Waals surface area (Å²) in [5.41, 5.74) is 0.0888. The van der Waals surface area contributed by atoms with E-state index < -0.39 is 11.7 Å². The van der Waals surface area contributed by atoms with Crippen LogP contribution in [0, 0.1) is 0 Å². The summed E-state index contributed by atoms with van der Waals surface area (Å²) >= 11 is 0. The van der Waals surface area contributed by atoms with E-state index in [2.05, 4.69) is 0 Å². The first-order chi connectivity index (χ1) is 8.54. The fraction of sp³-hybridized carbons (Fsp3) is 0.600. The highest BCUT2D eigenvalue weighted by Crippen LogP contribution is 2.23. The minimum absolute atomic E-state index is 0.283. The lowest BCUT2D eigenvalue weighted by Crippen LogP contribution is -2.34. The molecule has 3 heteroatoms. The Morgan fingerprint density at radius 2 is 1.89 bits per heavy atom. The van der Waals surface area contributed by atoms with Crippen LogP contribution >= 0.6 is 0 Å². The Hall–Kier alpha value is -1.06. The lowest BCUT2D eigenvalue weighted by atomic mass is 9.99. The second-order valence-corrected chi connectivity index (χ2v) is 4.72. The highest BCUT2D eigenvalue weighted by Gasteiger charge is 2.23. The SMILES string of the molecule is CCC(O)c1cccc(OCC(O)(CC)CC)c1. The summed E-state index contributed by atoms with van der Waals surface area (Å²) in [5.74, 6) is 0.695.